The summed E-state index contributed by atoms with van der Waals surface area (Å²) in [6.07, 6.45) is -0.994. The van der Waals surface area contributed by atoms with Gasteiger partial charge in [-0.2, -0.15) is 13.2 Å². The van der Waals surface area contributed by atoms with E-state index in [0.29, 0.717) is 31.5 Å². The third-order valence-corrected chi connectivity index (χ3v) is 5.40. The maximum absolute atomic E-state index is 14.0. The number of hydrogen-bond acceptors (Lipinski definition) is 3. The summed E-state index contributed by atoms with van der Waals surface area (Å²) in [6, 6.07) is 2.60. The van der Waals surface area contributed by atoms with Crippen molar-refractivity contribution in [3.8, 4) is 0 Å². The average molecular weight is 455 g/mol. The number of fused-ring (bicyclic) bond motifs is 1. The molecule has 2 aromatic rings. The van der Waals surface area contributed by atoms with Gasteiger partial charge in [0, 0.05) is 19.5 Å². The van der Waals surface area contributed by atoms with Crippen LogP contribution in [0.5, 0.6) is 0 Å². The number of halogens is 4. The van der Waals surface area contributed by atoms with E-state index in [9.17, 15) is 22.4 Å². The molecule has 1 unspecified atom stereocenters. The molecule has 1 atom stereocenters. The number of benzene rings is 1. The van der Waals surface area contributed by atoms with Crippen LogP contribution >= 0.6 is 0 Å². The van der Waals surface area contributed by atoms with Crippen LogP contribution in [0.4, 0.5) is 22.4 Å². The predicted octanol–water partition coefficient (Wildman–Crippen LogP) is 5.92. The van der Waals surface area contributed by atoms with E-state index in [0.717, 1.165) is 36.5 Å². The number of aromatic nitrogens is 2. The largest absolute Gasteiger partial charge is 0.444 e. The zero-order chi connectivity index (χ0) is 23.7. The monoisotopic (exact) mass is 455 g/mol. The Morgan fingerprint density at radius 1 is 1.19 bits per heavy atom. The van der Waals surface area contributed by atoms with Crippen molar-refractivity contribution in [3.63, 3.8) is 0 Å². The van der Waals surface area contributed by atoms with Gasteiger partial charge >= 0.3 is 12.3 Å². The highest BCUT2D eigenvalue weighted by Crippen LogP contribution is 2.34. The molecule has 2 heterocycles. The Morgan fingerprint density at radius 2 is 1.91 bits per heavy atom. The maximum Gasteiger partial charge on any atom is 0.419 e. The van der Waals surface area contributed by atoms with E-state index < -0.39 is 29.3 Å². The molecule has 1 amide bonds. The lowest BCUT2D eigenvalue weighted by atomic mass is 9.99. The highest BCUT2D eigenvalue weighted by Gasteiger charge is 2.36. The molecule has 1 aromatic carbocycles. The van der Waals surface area contributed by atoms with Crippen molar-refractivity contribution in [2.45, 2.75) is 77.7 Å². The minimum atomic E-state index is -4.73. The van der Waals surface area contributed by atoms with Crippen LogP contribution in [0.15, 0.2) is 24.4 Å². The van der Waals surface area contributed by atoms with Gasteiger partial charge in [0.15, 0.2) is 0 Å². The smallest absolute Gasteiger partial charge is 0.419 e. The van der Waals surface area contributed by atoms with Gasteiger partial charge < -0.3 is 9.30 Å². The van der Waals surface area contributed by atoms with Crippen LogP contribution in [0.2, 0.25) is 0 Å². The zero-order valence-electron chi connectivity index (χ0n) is 18.8. The van der Waals surface area contributed by atoms with Crippen LogP contribution in [-0.2, 0) is 30.3 Å². The number of carbonyl (C=O) groups is 1. The molecule has 1 aliphatic rings. The van der Waals surface area contributed by atoms with Gasteiger partial charge in [-0.15, -0.1) is 0 Å². The second-order valence-corrected chi connectivity index (χ2v) is 9.04. The van der Waals surface area contributed by atoms with E-state index in [1.165, 1.54) is 6.07 Å². The lowest BCUT2D eigenvalue weighted by Gasteiger charge is -2.38. The van der Waals surface area contributed by atoms with Gasteiger partial charge in [0.1, 0.15) is 17.2 Å². The summed E-state index contributed by atoms with van der Waals surface area (Å²) >= 11 is 0. The fourth-order valence-corrected chi connectivity index (χ4v) is 3.99. The molecule has 5 nitrogen and oxygen atoms in total. The van der Waals surface area contributed by atoms with Crippen LogP contribution in [0.1, 0.15) is 69.2 Å². The van der Waals surface area contributed by atoms with Crippen molar-refractivity contribution in [3.05, 3.63) is 52.9 Å². The van der Waals surface area contributed by atoms with Gasteiger partial charge in [0.2, 0.25) is 0 Å². The lowest BCUT2D eigenvalue weighted by Crippen LogP contribution is -2.45. The Balaban J connectivity index is 1.86. The molecule has 3 rings (SSSR count). The number of ether oxygens (including phenoxy) is 1. The summed E-state index contributed by atoms with van der Waals surface area (Å²) in [5.41, 5.74) is -0.650. The summed E-state index contributed by atoms with van der Waals surface area (Å²) in [5.74, 6) is -0.352. The van der Waals surface area contributed by atoms with Gasteiger partial charge in [0.05, 0.1) is 23.5 Å². The molecule has 1 aliphatic heterocycles. The minimum absolute atomic E-state index is 0.299. The van der Waals surface area contributed by atoms with Gasteiger partial charge in [-0.1, -0.05) is 13.0 Å². The summed E-state index contributed by atoms with van der Waals surface area (Å²) < 4.78 is 60.2. The van der Waals surface area contributed by atoms with E-state index in [4.69, 9.17) is 4.74 Å². The fraction of sp³-hybridized carbons (Fsp3) is 0.565. The normalized spacial score (nSPS) is 16.8. The van der Waals surface area contributed by atoms with Gasteiger partial charge in [-0.25, -0.2) is 14.2 Å². The number of nitrogens with zero attached hydrogens (tertiary/aromatic N) is 3. The molecule has 1 aromatic heterocycles. The van der Waals surface area contributed by atoms with Crippen LogP contribution in [0.3, 0.4) is 0 Å². The molecule has 0 saturated carbocycles. The van der Waals surface area contributed by atoms with Crippen molar-refractivity contribution in [2.75, 3.05) is 6.54 Å². The van der Waals surface area contributed by atoms with E-state index >= 15 is 0 Å². The van der Waals surface area contributed by atoms with Gasteiger partial charge in [-0.05, 0) is 57.7 Å². The number of alkyl halides is 3. The van der Waals surface area contributed by atoms with E-state index in [-0.39, 0.29) is 6.04 Å². The quantitative estimate of drug-likeness (QED) is 0.526. The Hall–Kier alpha value is -2.58. The zero-order valence-corrected chi connectivity index (χ0v) is 18.8. The van der Waals surface area contributed by atoms with Crippen LogP contribution in [0, 0.1) is 5.82 Å². The second-order valence-electron chi connectivity index (χ2n) is 9.04. The minimum Gasteiger partial charge on any atom is -0.444 e. The molecule has 9 heteroatoms. The Bertz CT molecular complexity index is 963. The number of imidazole rings is 1. The molecule has 0 aliphatic carbocycles. The summed E-state index contributed by atoms with van der Waals surface area (Å²) in [4.78, 5) is 19.0. The van der Waals surface area contributed by atoms with Crippen molar-refractivity contribution in [1.82, 2.24) is 14.5 Å². The molecule has 176 valence electrons. The predicted molar refractivity (Wildman–Crippen MR) is 112 cm³/mol. The third-order valence-electron chi connectivity index (χ3n) is 5.40. The molecule has 0 spiro atoms. The molecule has 0 fully saturated rings. The van der Waals surface area contributed by atoms with Crippen LogP contribution < -0.4 is 0 Å². The van der Waals surface area contributed by atoms with Crippen LogP contribution in [0.25, 0.3) is 0 Å². The van der Waals surface area contributed by atoms with Crippen molar-refractivity contribution in [1.29, 1.82) is 0 Å². The number of rotatable bonds is 5. The van der Waals surface area contributed by atoms with Crippen molar-refractivity contribution >= 4 is 6.09 Å². The number of hydrogen-bond donors (Lipinski definition) is 0. The average Bonchev–Trinajstić information content (AvgIpc) is 3.07. The second kappa shape index (κ2) is 9.11. The highest BCUT2D eigenvalue weighted by molar-refractivity contribution is 5.69. The number of aryl methyl sites for hydroxylation is 2. The van der Waals surface area contributed by atoms with E-state index in [2.05, 4.69) is 16.5 Å². The standard InChI is InChI=1S/C23H29F4N3O2/c1-5-6-20-28-14-19-18(30(12-11-29(19)20)21(31)32-22(2,3)4)10-8-15-7-9-16(17(24)13-15)23(25,26)27/h7,9,13-14,18H,5-6,8,10-12H2,1-4H3. The first-order chi connectivity index (χ1) is 14.9. The first-order valence-corrected chi connectivity index (χ1v) is 10.8. The molecule has 0 N–H and O–H groups in total. The van der Waals surface area contributed by atoms with E-state index in [1.807, 2.05) is 0 Å². The van der Waals surface area contributed by atoms with Gasteiger partial charge in [0.25, 0.3) is 0 Å². The maximum atomic E-state index is 14.0. The Labute approximate surface area is 185 Å². The number of carbonyl (C=O) groups excluding carboxylic acids is 1. The van der Waals surface area contributed by atoms with Crippen molar-refractivity contribution in [2.24, 2.45) is 0 Å². The van der Waals surface area contributed by atoms with Crippen LogP contribution in [-0.4, -0.2) is 32.7 Å². The topological polar surface area (TPSA) is 47.4 Å². The molecule has 0 radical (unpaired) electrons. The fourth-order valence-electron chi connectivity index (χ4n) is 3.99. The Kier molecular flexibility index (Phi) is 6.86. The highest BCUT2D eigenvalue weighted by atomic mass is 19.4. The van der Waals surface area contributed by atoms with Crippen molar-refractivity contribution < 1.29 is 27.1 Å². The first kappa shape index (κ1) is 24.1. The molecular weight excluding hydrogens is 426 g/mol. The summed E-state index contributed by atoms with van der Waals surface area (Å²) in [7, 11) is 0. The third kappa shape index (κ3) is 5.42. The number of amides is 1. The molecule has 32 heavy (non-hydrogen) atoms. The molecule has 0 bridgehead atoms. The van der Waals surface area contributed by atoms with Gasteiger partial charge in [-0.3, -0.25) is 4.90 Å². The lowest BCUT2D eigenvalue weighted by molar-refractivity contribution is -0.140. The molecular formula is C23H29F4N3O2. The Morgan fingerprint density at radius 3 is 2.50 bits per heavy atom. The molecule has 0 saturated heterocycles. The summed E-state index contributed by atoms with van der Waals surface area (Å²) in [5, 5.41) is 0. The van der Waals surface area contributed by atoms with E-state index in [1.54, 1.807) is 31.9 Å². The summed E-state index contributed by atoms with van der Waals surface area (Å²) in [6.45, 7) is 8.46. The first-order valence-electron chi connectivity index (χ1n) is 10.8. The SMILES string of the molecule is CCCc1ncc2n1CCN(C(=O)OC(C)(C)C)C2CCc1ccc(C(F)(F)F)c(F)c1.